The molecule has 2 aliphatic carbocycles. The minimum Gasteiger partial charge on any atom is -0.349 e. The lowest BCUT2D eigenvalue weighted by molar-refractivity contribution is -0.121. The molecule has 1 aromatic carbocycles. The van der Waals surface area contributed by atoms with Crippen LogP contribution >= 0.6 is 0 Å². The fourth-order valence-electron chi connectivity index (χ4n) is 4.93. The summed E-state index contributed by atoms with van der Waals surface area (Å²) in [4.78, 5) is 37.3. The first-order valence-electron chi connectivity index (χ1n) is 9.29. The first kappa shape index (κ1) is 16.3. The van der Waals surface area contributed by atoms with E-state index in [0.29, 0.717) is 17.2 Å². The molecule has 1 heterocycles. The summed E-state index contributed by atoms with van der Waals surface area (Å²) in [5.74, 6) is 1.81. The highest BCUT2D eigenvalue weighted by Crippen LogP contribution is 2.49. The van der Waals surface area contributed by atoms with Crippen LogP contribution in [0.25, 0.3) is 0 Å². The van der Waals surface area contributed by atoms with Crippen molar-refractivity contribution < 1.29 is 14.4 Å². The van der Waals surface area contributed by atoms with E-state index in [-0.39, 0.29) is 36.6 Å². The lowest BCUT2D eigenvalue weighted by Crippen LogP contribution is -2.40. The number of anilines is 1. The Kier molecular flexibility index (Phi) is 4.10. The molecular formula is C20H24N2O3. The van der Waals surface area contributed by atoms with Crippen LogP contribution in [0, 0.1) is 17.8 Å². The smallest absolute Gasteiger partial charge is 0.251 e. The van der Waals surface area contributed by atoms with Gasteiger partial charge in [-0.1, -0.05) is 6.42 Å². The lowest BCUT2D eigenvalue weighted by atomic mass is 9.84. The van der Waals surface area contributed by atoms with Crippen LogP contribution in [0.3, 0.4) is 0 Å². The van der Waals surface area contributed by atoms with Crippen molar-refractivity contribution in [1.82, 2.24) is 5.32 Å². The van der Waals surface area contributed by atoms with Crippen molar-refractivity contribution in [2.45, 2.75) is 51.5 Å². The van der Waals surface area contributed by atoms with Crippen LogP contribution in [-0.4, -0.2) is 23.8 Å². The largest absolute Gasteiger partial charge is 0.349 e. The summed E-state index contributed by atoms with van der Waals surface area (Å²) in [7, 11) is 0. The van der Waals surface area contributed by atoms with E-state index in [1.165, 1.54) is 30.6 Å². The molecule has 0 radical (unpaired) electrons. The number of amides is 3. The minimum absolute atomic E-state index is 0.0825. The molecule has 0 aromatic heterocycles. The van der Waals surface area contributed by atoms with E-state index in [4.69, 9.17) is 0 Å². The van der Waals surface area contributed by atoms with Gasteiger partial charge in [0.2, 0.25) is 11.8 Å². The van der Waals surface area contributed by atoms with E-state index in [1.54, 1.807) is 24.3 Å². The molecule has 1 N–H and O–H groups in total. The van der Waals surface area contributed by atoms with Crippen molar-refractivity contribution in [2.24, 2.45) is 17.8 Å². The maximum absolute atomic E-state index is 12.5. The van der Waals surface area contributed by atoms with Crippen LogP contribution < -0.4 is 10.2 Å². The van der Waals surface area contributed by atoms with Crippen LogP contribution in [0.1, 0.15) is 55.8 Å². The molecule has 2 bridgehead atoms. The zero-order valence-corrected chi connectivity index (χ0v) is 14.5. The van der Waals surface area contributed by atoms with E-state index in [1.807, 2.05) is 0 Å². The molecule has 3 aliphatic rings. The number of rotatable bonds is 4. The van der Waals surface area contributed by atoms with E-state index in [2.05, 4.69) is 12.2 Å². The second-order valence-electron chi connectivity index (χ2n) is 7.77. The Morgan fingerprint density at radius 1 is 1.08 bits per heavy atom. The average Bonchev–Trinajstić information content (AvgIpc) is 3.31. The van der Waals surface area contributed by atoms with Gasteiger partial charge in [-0.25, -0.2) is 0 Å². The molecule has 1 aromatic rings. The van der Waals surface area contributed by atoms with Crippen molar-refractivity contribution in [3.05, 3.63) is 29.8 Å². The fourth-order valence-corrected chi connectivity index (χ4v) is 4.93. The third-order valence-electron chi connectivity index (χ3n) is 6.23. The standard InChI is InChI=1S/C20H24N2O3/c1-12(17-11-13-2-3-15(17)10-13)21-20(25)14-4-6-16(7-5-14)22-18(23)8-9-19(22)24/h4-7,12-13,15,17H,2-3,8-11H2,1H3,(H,21,25)/t12-,13-,15-,17-/m0/s1. The normalized spacial score (nSPS) is 29.3. The Morgan fingerprint density at radius 2 is 1.76 bits per heavy atom. The van der Waals surface area contributed by atoms with Gasteiger partial charge in [0, 0.05) is 24.4 Å². The highest BCUT2D eigenvalue weighted by atomic mass is 16.2. The summed E-state index contributed by atoms with van der Waals surface area (Å²) >= 11 is 0. The first-order chi connectivity index (χ1) is 12.0. The number of nitrogens with one attached hydrogen (secondary N) is 1. The monoisotopic (exact) mass is 340 g/mol. The molecule has 4 rings (SSSR count). The highest BCUT2D eigenvalue weighted by Gasteiger charge is 2.42. The van der Waals surface area contributed by atoms with Crippen LogP contribution in [0.5, 0.6) is 0 Å². The average molecular weight is 340 g/mol. The SMILES string of the molecule is C[C@H](NC(=O)c1ccc(N2C(=O)CCC2=O)cc1)[C@@H]1C[C@H]2CC[C@H]1C2. The molecule has 4 atom stereocenters. The number of imide groups is 1. The summed E-state index contributed by atoms with van der Waals surface area (Å²) in [6.45, 7) is 2.11. The molecule has 0 unspecified atom stereocenters. The number of benzene rings is 1. The van der Waals surface area contributed by atoms with Gasteiger partial charge < -0.3 is 5.32 Å². The van der Waals surface area contributed by atoms with Gasteiger partial charge in [-0.05, 0) is 68.2 Å². The van der Waals surface area contributed by atoms with E-state index >= 15 is 0 Å². The molecular weight excluding hydrogens is 316 g/mol. The van der Waals surface area contributed by atoms with Crippen LogP contribution in [0.4, 0.5) is 5.69 Å². The van der Waals surface area contributed by atoms with E-state index in [0.717, 1.165) is 11.8 Å². The Labute approximate surface area is 147 Å². The number of hydrogen-bond donors (Lipinski definition) is 1. The van der Waals surface area contributed by atoms with Crippen molar-refractivity contribution in [2.75, 3.05) is 4.90 Å². The van der Waals surface area contributed by atoms with Gasteiger partial charge in [0.15, 0.2) is 0 Å². The van der Waals surface area contributed by atoms with E-state index < -0.39 is 0 Å². The molecule has 5 nitrogen and oxygen atoms in total. The first-order valence-corrected chi connectivity index (χ1v) is 9.29. The minimum atomic E-state index is -0.174. The van der Waals surface area contributed by atoms with E-state index in [9.17, 15) is 14.4 Å². The maximum atomic E-state index is 12.5. The summed E-state index contributed by atoms with van der Waals surface area (Å²) in [5, 5.41) is 3.14. The Balaban J connectivity index is 1.40. The van der Waals surface area contributed by atoms with Gasteiger partial charge in [0.25, 0.3) is 5.91 Å². The van der Waals surface area contributed by atoms with Gasteiger partial charge in [0.05, 0.1) is 5.69 Å². The predicted molar refractivity (Wildman–Crippen MR) is 94.0 cm³/mol. The predicted octanol–water partition coefficient (Wildman–Crippen LogP) is 2.89. The maximum Gasteiger partial charge on any atom is 0.251 e. The molecule has 0 spiro atoms. The van der Waals surface area contributed by atoms with Gasteiger partial charge >= 0.3 is 0 Å². The highest BCUT2D eigenvalue weighted by molar-refractivity contribution is 6.19. The van der Waals surface area contributed by atoms with Crippen molar-refractivity contribution in [1.29, 1.82) is 0 Å². The van der Waals surface area contributed by atoms with Crippen LogP contribution in [0.2, 0.25) is 0 Å². The summed E-state index contributed by atoms with van der Waals surface area (Å²) in [6.07, 6.45) is 5.77. The molecule has 25 heavy (non-hydrogen) atoms. The number of carbonyl (C=O) groups is 3. The zero-order valence-electron chi connectivity index (χ0n) is 14.5. The molecule has 3 amide bonds. The Bertz CT molecular complexity index is 696. The van der Waals surface area contributed by atoms with Crippen molar-refractivity contribution >= 4 is 23.4 Å². The number of hydrogen-bond acceptors (Lipinski definition) is 3. The quantitative estimate of drug-likeness (QED) is 0.857. The third kappa shape index (κ3) is 2.96. The molecule has 132 valence electrons. The number of carbonyl (C=O) groups excluding carboxylic acids is 3. The van der Waals surface area contributed by atoms with Crippen LogP contribution in [-0.2, 0) is 9.59 Å². The van der Waals surface area contributed by atoms with Crippen molar-refractivity contribution in [3.8, 4) is 0 Å². The van der Waals surface area contributed by atoms with Gasteiger partial charge in [-0.3, -0.25) is 19.3 Å². The Hall–Kier alpha value is -2.17. The summed E-state index contributed by atoms with van der Waals surface area (Å²) < 4.78 is 0. The summed E-state index contributed by atoms with van der Waals surface area (Å²) in [5.41, 5.74) is 1.11. The molecule has 5 heteroatoms. The van der Waals surface area contributed by atoms with Gasteiger partial charge in [-0.15, -0.1) is 0 Å². The molecule has 3 fully saturated rings. The summed E-state index contributed by atoms with van der Waals surface area (Å²) in [6, 6.07) is 6.93. The zero-order chi connectivity index (χ0) is 17.6. The number of nitrogens with zero attached hydrogens (tertiary/aromatic N) is 1. The van der Waals surface area contributed by atoms with Gasteiger partial charge in [-0.2, -0.15) is 0 Å². The van der Waals surface area contributed by atoms with Crippen LogP contribution in [0.15, 0.2) is 24.3 Å². The van der Waals surface area contributed by atoms with Crippen molar-refractivity contribution in [3.63, 3.8) is 0 Å². The topological polar surface area (TPSA) is 66.5 Å². The molecule has 2 saturated carbocycles. The number of fused-ring (bicyclic) bond motifs is 2. The third-order valence-corrected chi connectivity index (χ3v) is 6.23. The Morgan fingerprint density at radius 3 is 2.32 bits per heavy atom. The molecule has 1 saturated heterocycles. The van der Waals surface area contributed by atoms with Gasteiger partial charge in [0.1, 0.15) is 0 Å². The second kappa shape index (κ2) is 6.28. The lowest BCUT2D eigenvalue weighted by Gasteiger charge is -2.28. The second-order valence-corrected chi connectivity index (χ2v) is 7.77. The molecule has 1 aliphatic heterocycles. The fraction of sp³-hybridized carbons (Fsp3) is 0.550.